The maximum Gasteiger partial charge on any atom is 0.254 e. The van der Waals surface area contributed by atoms with Gasteiger partial charge in [0.25, 0.3) is 6.33 Å². The van der Waals surface area contributed by atoms with Gasteiger partial charge in [0, 0.05) is 18.8 Å². The van der Waals surface area contributed by atoms with Crippen molar-refractivity contribution >= 4 is 11.2 Å². The summed E-state index contributed by atoms with van der Waals surface area (Å²) in [5.74, 6) is 0. The highest BCUT2D eigenvalue weighted by Crippen LogP contribution is 2.21. The fourth-order valence-corrected chi connectivity index (χ4v) is 4.05. The summed E-state index contributed by atoms with van der Waals surface area (Å²) in [7, 11) is 0. The van der Waals surface area contributed by atoms with Crippen LogP contribution in [0.15, 0.2) is 85.5 Å². The topological polar surface area (TPSA) is 42.2 Å². The van der Waals surface area contributed by atoms with Crippen LogP contribution in [0.4, 0.5) is 5.69 Å². The summed E-state index contributed by atoms with van der Waals surface area (Å²) in [5, 5.41) is 8.79. The van der Waals surface area contributed by atoms with Gasteiger partial charge in [-0.25, -0.2) is 9.25 Å². The molecule has 0 unspecified atom stereocenters. The average molecular weight is 459 g/mol. The van der Waals surface area contributed by atoms with E-state index in [4.69, 9.17) is 0 Å². The average Bonchev–Trinajstić information content (AvgIpc) is 3.48. The van der Waals surface area contributed by atoms with Crippen LogP contribution in [0.25, 0.3) is 28.3 Å². The Labute approximate surface area is 200 Å². The van der Waals surface area contributed by atoms with E-state index in [1.165, 1.54) is 11.3 Å². The Balaban J connectivity index is 0.00000259. The van der Waals surface area contributed by atoms with Gasteiger partial charge in [0.15, 0.2) is 16.9 Å². The summed E-state index contributed by atoms with van der Waals surface area (Å²) in [5.41, 5.74) is 7.52. The Bertz CT molecular complexity index is 1350. The molecule has 2 aromatic carbocycles. The molecule has 0 spiro atoms. The Morgan fingerprint density at radius 2 is 1.64 bits per heavy atom. The Hall–Kier alpha value is -3.64. The summed E-state index contributed by atoms with van der Waals surface area (Å²) < 4.78 is 6.12. The van der Waals surface area contributed by atoms with Gasteiger partial charge in [0.1, 0.15) is 11.9 Å². The van der Waals surface area contributed by atoms with Crippen LogP contribution in [0, 0.1) is 6.92 Å². The van der Waals surface area contributed by atoms with Crippen LogP contribution in [-0.2, 0) is 0 Å². The zero-order valence-electron chi connectivity index (χ0n) is 19.1. The number of aromatic nitrogens is 5. The van der Waals surface area contributed by atoms with E-state index in [2.05, 4.69) is 124 Å². The van der Waals surface area contributed by atoms with E-state index >= 15 is 0 Å². The first-order valence-electron chi connectivity index (χ1n) is 11.0. The number of fused-ring (bicyclic) bond motifs is 1. The van der Waals surface area contributed by atoms with Gasteiger partial charge in [-0.05, 0) is 69.3 Å². The standard InChI is InChI=1S/C26H27N6.ClH/c1-4-29(5-2)21-13-15-22(16-14-21)30-17-24-7-6-8-26(31(24)19-30)25-18-32(28-27-25)23-11-9-20(3)10-12-23;/h6-19H,4-5H2,1-3H3;1H/q+1;/p-1. The number of hydrogen-bond donors (Lipinski definition) is 0. The molecule has 3 aromatic heterocycles. The van der Waals surface area contributed by atoms with E-state index in [9.17, 15) is 0 Å². The lowest BCUT2D eigenvalue weighted by atomic mass is 10.2. The van der Waals surface area contributed by atoms with Crippen LogP contribution in [0.1, 0.15) is 19.4 Å². The smallest absolute Gasteiger partial charge is 0.254 e. The molecule has 0 saturated carbocycles. The quantitative estimate of drug-likeness (QED) is 0.363. The second-order valence-electron chi connectivity index (χ2n) is 7.93. The Morgan fingerprint density at radius 1 is 0.909 bits per heavy atom. The number of rotatable bonds is 6. The third kappa shape index (κ3) is 4.34. The van der Waals surface area contributed by atoms with Gasteiger partial charge < -0.3 is 17.3 Å². The first-order chi connectivity index (χ1) is 15.7. The fourth-order valence-electron chi connectivity index (χ4n) is 4.05. The molecule has 5 aromatic rings. The molecule has 3 heterocycles. The number of imidazole rings is 1. The number of aryl methyl sites for hydroxylation is 1. The third-order valence-corrected chi connectivity index (χ3v) is 5.90. The monoisotopic (exact) mass is 458 g/mol. The summed E-state index contributed by atoms with van der Waals surface area (Å²) in [4.78, 5) is 2.35. The molecule has 6 nitrogen and oxygen atoms in total. The number of pyridine rings is 1. The molecule has 0 saturated heterocycles. The van der Waals surface area contributed by atoms with Crippen molar-refractivity contribution < 1.29 is 17.0 Å². The van der Waals surface area contributed by atoms with Crippen molar-refractivity contribution in [3.63, 3.8) is 0 Å². The van der Waals surface area contributed by atoms with Gasteiger partial charge >= 0.3 is 0 Å². The zero-order chi connectivity index (χ0) is 22.1. The van der Waals surface area contributed by atoms with Gasteiger partial charge in [-0.3, -0.25) is 0 Å². The maximum absolute atomic E-state index is 4.44. The van der Waals surface area contributed by atoms with Gasteiger partial charge in [-0.15, -0.1) is 5.10 Å². The number of anilines is 1. The van der Waals surface area contributed by atoms with E-state index in [-0.39, 0.29) is 12.4 Å². The van der Waals surface area contributed by atoms with Crippen LogP contribution < -0.4 is 21.9 Å². The predicted octanol–water partition coefficient (Wildman–Crippen LogP) is 1.62. The van der Waals surface area contributed by atoms with E-state index < -0.39 is 0 Å². The third-order valence-electron chi connectivity index (χ3n) is 5.90. The van der Waals surface area contributed by atoms with Crippen molar-refractivity contribution in [2.24, 2.45) is 0 Å². The van der Waals surface area contributed by atoms with E-state index in [0.717, 1.165) is 41.4 Å². The predicted molar refractivity (Wildman–Crippen MR) is 128 cm³/mol. The Morgan fingerprint density at radius 3 is 2.33 bits per heavy atom. The van der Waals surface area contributed by atoms with Crippen LogP contribution in [0.2, 0.25) is 0 Å². The maximum atomic E-state index is 4.44. The highest BCUT2D eigenvalue weighted by Gasteiger charge is 2.17. The van der Waals surface area contributed by atoms with Crippen LogP contribution in [0.5, 0.6) is 0 Å². The van der Waals surface area contributed by atoms with Crippen LogP contribution in [0.3, 0.4) is 0 Å². The largest absolute Gasteiger partial charge is 1.00 e. The molecular formula is C26H27ClN6. The zero-order valence-corrected chi connectivity index (χ0v) is 19.8. The van der Waals surface area contributed by atoms with Crippen LogP contribution in [-0.4, -0.2) is 32.5 Å². The molecule has 0 amide bonds. The molecule has 33 heavy (non-hydrogen) atoms. The first-order valence-corrected chi connectivity index (χ1v) is 11.0. The van der Waals surface area contributed by atoms with E-state index in [1.807, 2.05) is 10.9 Å². The van der Waals surface area contributed by atoms with Crippen molar-refractivity contribution in [1.82, 2.24) is 19.4 Å². The van der Waals surface area contributed by atoms with Crippen molar-refractivity contribution in [1.29, 1.82) is 0 Å². The second kappa shape index (κ2) is 9.46. The normalized spacial score (nSPS) is 10.9. The lowest BCUT2D eigenvalue weighted by Crippen LogP contribution is -3.00. The summed E-state index contributed by atoms with van der Waals surface area (Å²) in [6, 6.07) is 23.2. The molecule has 0 aliphatic heterocycles. The molecule has 0 aliphatic rings. The Kier molecular flexibility index (Phi) is 6.47. The van der Waals surface area contributed by atoms with Gasteiger partial charge in [-0.2, -0.15) is 4.40 Å². The second-order valence-corrected chi connectivity index (χ2v) is 7.93. The molecule has 0 N–H and O–H groups in total. The minimum Gasteiger partial charge on any atom is -1.00 e. The van der Waals surface area contributed by atoms with Crippen molar-refractivity contribution in [3.8, 4) is 22.8 Å². The number of nitrogens with zero attached hydrogens (tertiary/aromatic N) is 6. The molecule has 5 rings (SSSR count). The summed E-state index contributed by atoms with van der Waals surface area (Å²) in [6.45, 7) is 8.46. The number of halogens is 1. The molecule has 7 heteroatoms. The first kappa shape index (κ1) is 22.6. The van der Waals surface area contributed by atoms with Gasteiger partial charge in [0.2, 0.25) is 0 Å². The van der Waals surface area contributed by atoms with Crippen molar-refractivity contribution in [3.05, 3.63) is 91.0 Å². The molecule has 0 atom stereocenters. The summed E-state index contributed by atoms with van der Waals surface area (Å²) in [6.07, 6.45) is 6.21. The molecule has 168 valence electrons. The minimum absolute atomic E-state index is 0. The van der Waals surface area contributed by atoms with E-state index in [0.29, 0.717) is 0 Å². The molecular weight excluding hydrogens is 432 g/mol. The van der Waals surface area contributed by atoms with Crippen molar-refractivity contribution in [2.45, 2.75) is 20.8 Å². The molecule has 0 aliphatic carbocycles. The lowest BCUT2D eigenvalue weighted by Gasteiger charge is -2.20. The van der Waals surface area contributed by atoms with Crippen molar-refractivity contribution in [2.75, 3.05) is 18.0 Å². The highest BCUT2D eigenvalue weighted by molar-refractivity contribution is 5.60. The lowest BCUT2D eigenvalue weighted by molar-refractivity contribution is -0.594. The number of benzene rings is 2. The highest BCUT2D eigenvalue weighted by atomic mass is 35.5. The summed E-state index contributed by atoms with van der Waals surface area (Å²) >= 11 is 0. The SMILES string of the molecule is CCN(CC)c1ccc(-[n+]2cc3cccc(-c4cn(-c5ccc(C)cc5)nn4)n3c2)cc1.[Cl-]. The van der Waals surface area contributed by atoms with Gasteiger partial charge in [0.05, 0.1) is 11.9 Å². The fraction of sp³-hybridized carbons (Fsp3) is 0.192. The van der Waals surface area contributed by atoms with Crippen LogP contribution >= 0.6 is 0 Å². The van der Waals surface area contributed by atoms with Gasteiger partial charge in [-0.1, -0.05) is 29.0 Å². The minimum atomic E-state index is 0. The molecule has 0 radical (unpaired) electrons. The molecule has 0 fully saturated rings. The molecule has 0 bridgehead atoms. The van der Waals surface area contributed by atoms with E-state index in [1.54, 1.807) is 0 Å². The number of hydrogen-bond acceptors (Lipinski definition) is 3.